The molecule has 0 atom stereocenters. The van der Waals surface area contributed by atoms with Gasteiger partial charge in [-0.25, -0.2) is 26.5 Å². The van der Waals surface area contributed by atoms with Gasteiger partial charge in [0.05, 0.1) is 0 Å². The Morgan fingerprint density at radius 3 is 1.41 bits per heavy atom. The summed E-state index contributed by atoms with van der Waals surface area (Å²) >= 11 is 0. The van der Waals surface area contributed by atoms with E-state index in [1.165, 1.54) is 0 Å². The molecule has 0 aromatic rings. The Bertz CT molecular complexity index is 245. The second-order valence-electron chi connectivity index (χ2n) is 2.38. The minimum absolute atomic E-state index is 0. The molecule has 0 saturated heterocycles. The normalized spacial score (nSPS) is 12.6. The van der Waals surface area contributed by atoms with Crippen molar-refractivity contribution in [2.75, 3.05) is 0 Å². The average Bonchev–Trinajstić information content (AvgIpc) is 1.98. The minimum Gasteiger partial charge on any atom is -0.441 e. The minimum atomic E-state index is -5.56. The molecule has 0 aliphatic rings. The molecule has 12 heteroatoms. The van der Waals surface area contributed by atoms with Crippen molar-refractivity contribution in [1.29, 1.82) is 0 Å². The van der Waals surface area contributed by atoms with Gasteiger partial charge in [-0.1, -0.05) is 6.92 Å². The maximum Gasteiger partial charge on any atom is 1.00 e. The third-order valence-corrected chi connectivity index (χ3v) is 1.01. The van der Waals surface area contributed by atoms with Crippen molar-refractivity contribution in [3.8, 4) is 0 Å². The summed E-state index contributed by atoms with van der Waals surface area (Å²) in [5, 5.41) is 0. The molecule has 3 N–H and O–H groups in total. The smallest absolute Gasteiger partial charge is 0.441 e. The van der Waals surface area contributed by atoms with Crippen molar-refractivity contribution in [2.45, 2.75) is 25.4 Å². The van der Waals surface area contributed by atoms with Crippen LogP contribution in [0, 0.1) is 6.17 Å². The third kappa shape index (κ3) is 14.6. The van der Waals surface area contributed by atoms with Crippen LogP contribution in [0.4, 0.5) is 26.3 Å². The predicted molar refractivity (Wildman–Crippen MR) is 39.9 cm³/mol. The van der Waals surface area contributed by atoms with Crippen LogP contribution in [0.2, 0.25) is 0 Å². The molecule has 0 amide bonds. The molecule has 17 heavy (non-hydrogen) atoms. The van der Waals surface area contributed by atoms with Crippen molar-refractivity contribution in [2.24, 2.45) is 0 Å². The van der Waals surface area contributed by atoms with Crippen LogP contribution < -0.4 is 29.6 Å². The molecule has 0 spiro atoms. The Labute approximate surface area is 115 Å². The number of hydrogen-bond donors (Lipinski definition) is 3. The summed E-state index contributed by atoms with van der Waals surface area (Å²) in [4.78, 5) is 21.6. The van der Waals surface area contributed by atoms with Gasteiger partial charge in [0.15, 0.2) is 5.92 Å². The fraction of sp³-hybridized carbons (Fsp3) is 0.800. The van der Waals surface area contributed by atoms with Gasteiger partial charge in [0.2, 0.25) is 0 Å². The first-order valence-corrected chi connectivity index (χ1v) is 5.04. The molecule has 0 heterocycles. The number of phosphoric acid groups is 1. The van der Waals surface area contributed by atoms with Crippen LogP contribution in [0.3, 0.4) is 0 Å². The van der Waals surface area contributed by atoms with E-state index in [1.54, 1.807) is 0 Å². The number of alkyl halides is 5. The number of hydrogen-bond acceptors (Lipinski definition) is 1. The summed E-state index contributed by atoms with van der Waals surface area (Å²) in [5.74, 6) is -4.39. The molecule has 0 unspecified atom stereocenters. The molecular formula is C5H8F6NaO4P. The number of halogens is 6. The Kier molecular flexibility index (Phi) is 10.7. The predicted octanol–water partition coefficient (Wildman–Crippen LogP) is -0.829. The molecule has 0 saturated carbocycles. The summed E-state index contributed by atoms with van der Waals surface area (Å²) in [5.41, 5.74) is 0. The molecule has 0 aromatic carbocycles. The molecule has 0 radical (unpaired) electrons. The standard InChI is InChI=1S/C5H5F6.Na.H3O4P/c1-2-4(7,8)3(6)5(9,10)11;;1-5(2,3)4/h2H2,1H3;;(H3,1,2,3,4)/q-1;+1;. The van der Waals surface area contributed by atoms with Crippen LogP contribution in [0.15, 0.2) is 0 Å². The van der Waals surface area contributed by atoms with Crippen LogP contribution >= 0.6 is 7.82 Å². The van der Waals surface area contributed by atoms with Gasteiger partial charge in [0, 0.05) is 6.17 Å². The van der Waals surface area contributed by atoms with E-state index in [2.05, 4.69) is 0 Å². The maximum absolute atomic E-state index is 11.9. The molecule has 100 valence electrons. The number of rotatable bonds is 2. The fourth-order valence-electron chi connectivity index (χ4n) is 0.363. The molecular weight excluding hydrogens is 292 g/mol. The van der Waals surface area contributed by atoms with Crippen LogP contribution in [0.5, 0.6) is 0 Å². The summed E-state index contributed by atoms with van der Waals surface area (Å²) in [6.07, 6.45) is -9.98. The summed E-state index contributed by atoms with van der Waals surface area (Å²) in [6, 6.07) is 0. The monoisotopic (exact) mass is 300 g/mol. The summed E-state index contributed by atoms with van der Waals surface area (Å²) < 4.78 is 78.2. The van der Waals surface area contributed by atoms with E-state index in [0.29, 0.717) is 0 Å². The zero-order valence-electron chi connectivity index (χ0n) is 8.67. The third-order valence-electron chi connectivity index (χ3n) is 1.01. The Hall–Kier alpha value is 0.690. The molecule has 0 aliphatic heterocycles. The molecule has 0 aromatic heterocycles. The van der Waals surface area contributed by atoms with Crippen LogP contribution in [-0.4, -0.2) is 26.8 Å². The van der Waals surface area contributed by atoms with Gasteiger partial charge in [-0.05, 0) is 6.42 Å². The van der Waals surface area contributed by atoms with Gasteiger partial charge >= 0.3 is 43.6 Å². The summed E-state index contributed by atoms with van der Waals surface area (Å²) in [6.45, 7) is 0.769. The second kappa shape index (κ2) is 7.98. The van der Waals surface area contributed by atoms with E-state index in [9.17, 15) is 26.3 Å². The molecule has 0 fully saturated rings. The van der Waals surface area contributed by atoms with Crippen molar-refractivity contribution < 1.29 is 75.1 Å². The zero-order chi connectivity index (χ0) is 13.8. The fourth-order valence-corrected chi connectivity index (χ4v) is 0.363. The van der Waals surface area contributed by atoms with E-state index < -0.39 is 32.5 Å². The van der Waals surface area contributed by atoms with Crippen molar-refractivity contribution >= 4 is 7.82 Å². The molecule has 0 bridgehead atoms. The average molecular weight is 300 g/mol. The van der Waals surface area contributed by atoms with Gasteiger partial charge in [0.1, 0.15) is 0 Å². The maximum atomic E-state index is 11.9. The van der Waals surface area contributed by atoms with Crippen LogP contribution in [0.1, 0.15) is 13.3 Å². The van der Waals surface area contributed by atoms with Crippen LogP contribution in [0.25, 0.3) is 0 Å². The van der Waals surface area contributed by atoms with E-state index >= 15 is 0 Å². The van der Waals surface area contributed by atoms with Gasteiger partial charge in [0.25, 0.3) is 0 Å². The van der Waals surface area contributed by atoms with E-state index in [-0.39, 0.29) is 29.6 Å². The van der Waals surface area contributed by atoms with Crippen molar-refractivity contribution in [1.82, 2.24) is 0 Å². The Morgan fingerprint density at radius 1 is 1.12 bits per heavy atom. The van der Waals surface area contributed by atoms with Gasteiger partial charge in [-0.15, -0.1) is 0 Å². The first kappa shape index (κ1) is 22.8. The van der Waals surface area contributed by atoms with E-state index in [1.807, 2.05) is 0 Å². The largest absolute Gasteiger partial charge is 1.00 e. The first-order valence-electron chi connectivity index (χ1n) is 3.48. The van der Waals surface area contributed by atoms with Gasteiger partial charge in [-0.2, -0.15) is 0 Å². The first-order chi connectivity index (χ1) is 6.72. The quantitative estimate of drug-likeness (QED) is 0.269. The zero-order valence-corrected chi connectivity index (χ0v) is 11.6. The van der Waals surface area contributed by atoms with Gasteiger partial charge in [-0.3, -0.25) is 0 Å². The van der Waals surface area contributed by atoms with Gasteiger partial charge < -0.3 is 19.1 Å². The Morgan fingerprint density at radius 2 is 1.35 bits per heavy atom. The molecule has 0 rings (SSSR count). The SMILES string of the molecule is CCC(F)(F)[C-](F)C(F)(F)F.O=P(O)(O)O.[Na+]. The van der Waals surface area contributed by atoms with Crippen molar-refractivity contribution in [3.05, 3.63) is 6.17 Å². The summed E-state index contributed by atoms with van der Waals surface area (Å²) in [7, 11) is -4.64. The topological polar surface area (TPSA) is 77.8 Å². The van der Waals surface area contributed by atoms with Crippen LogP contribution in [-0.2, 0) is 4.57 Å². The van der Waals surface area contributed by atoms with Crippen molar-refractivity contribution in [3.63, 3.8) is 0 Å². The molecule has 4 nitrogen and oxygen atoms in total. The molecule has 0 aliphatic carbocycles. The second-order valence-corrected chi connectivity index (χ2v) is 3.41. The van der Waals surface area contributed by atoms with E-state index in [4.69, 9.17) is 19.2 Å². The Balaban J connectivity index is -0.000000280. The van der Waals surface area contributed by atoms with E-state index in [0.717, 1.165) is 6.92 Å².